The summed E-state index contributed by atoms with van der Waals surface area (Å²) in [5.74, 6) is 0.789. The minimum absolute atomic E-state index is 0.475. The summed E-state index contributed by atoms with van der Waals surface area (Å²) in [5.41, 5.74) is 2.08. The summed E-state index contributed by atoms with van der Waals surface area (Å²) in [5, 5.41) is 10.7. The zero-order valence-corrected chi connectivity index (χ0v) is 13.6. The molecule has 3 nitrogen and oxygen atoms in total. The van der Waals surface area contributed by atoms with Crippen molar-refractivity contribution < 1.29 is 9.84 Å². The van der Waals surface area contributed by atoms with Gasteiger partial charge in [-0.15, -0.1) is 0 Å². The Balaban J connectivity index is 2.09. The van der Waals surface area contributed by atoms with E-state index in [9.17, 15) is 5.11 Å². The van der Waals surface area contributed by atoms with Gasteiger partial charge >= 0.3 is 0 Å². The summed E-state index contributed by atoms with van der Waals surface area (Å²) < 4.78 is 5.41. The summed E-state index contributed by atoms with van der Waals surface area (Å²) in [4.78, 5) is 2.47. The summed E-state index contributed by atoms with van der Waals surface area (Å²) in [6.07, 6.45) is 5.81. The average molecular weight is 291 g/mol. The van der Waals surface area contributed by atoms with E-state index in [1.165, 1.54) is 32.1 Å². The molecule has 2 unspecified atom stereocenters. The highest BCUT2D eigenvalue weighted by molar-refractivity contribution is 5.38. The van der Waals surface area contributed by atoms with E-state index in [4.69, 9.17) is 4.74 Å². The van der Waals surface area contributed by atoms with Crippen molar-refractivity contribution in [2.75, 3.05) is 20.2 Å². The molecule has 1 aromatic carbocycles. The molecule has 118 valence electrons. The van der Waals surface area contributed by atoms with E-state index < -0.39 is 6.10 Å². The molecule has 0 bridgehead atoms. The van der Waals surface area contributed by atoms with E-state index in [0.717, 1.165) is 23.4 Å². The standard InChI is InChI=1S/C18H29NO2/c1-4-7-15-8-5-6-11-19(15)13-17(20)16-12-14(2)9-10-18(16)21-3/h9-10,12,15,17,20H,4-8,11,13H2,1-3H3. The number of rotatable bonds is 6. The van der Waals surface area contributed by atoms with Crippen molar-refractivity contribution in [2.45, 2.75) is 58.1 Å². The fraction of sp³-hybridized carbons (Fsp3) is 0.667. The quantitative estimate of drug-likeness (QED) is 0.867. The smallest absolute Gasteiger partial charge is 0.124 e. The highest BCUT2D eigenvalue weighted by Crippen LogP contribution is 2.29. The van der Waals surface area contributed by atoms with Gasteiger partial charge in [-0.05, 0) is 44.9 Å². The van der Waals surface area contributed by atoms with E-state index in [2.05, 4.69) is 18.7 Å². The molecular formula is C18H29NO2. The van der Waals surface area contributed by atoms with Crippen LogP contribution in [0.4, 0.5) is 0 Å². The zero-order valence-electron chi connectivity index (χ0n) is 13.6. The summed E-state index contributed by atoms with van der Waals surface area (Å²) in [6.45, 7) is 6.11. The monoisotopic (exact) mass is 291 g/mol. The van der Waals surface area contributed by atoms with Crippen molar-refractivity contribution in [2.24, 2.45) is 0 Å². The topological polar surface area (TPSA) is 32.7 Å². The minimum Gasteiger partial charge on any atom is -0.496 e. The molecular weight excluding hydrogens is 262 g/mol. The van der Waals surface area contributed by atoms with Gasteiger partial charge in [0, 0.05) is 18.2 Å². The second kappa shape index (κ2) is 7.81. The Labute approximate surface area is 128 Å². The Hall–Kier alpha value is -1.06. The van der Waals surface area contributed by atoms with Crippen LogP contribution in [-0.2, 0) is 0 Å². The molecule has 1 aliphatic heterocycles. The lowest BCUT2D eigenvalue weighted by Crippen LogP contribution is -2.41. The number of likely N-dealkylation sites (tertiary alicyclic amines) is 1. The zero-order chi connectivity index (χ0) is 15.2. The van der Waals surface area contributed by atoms with Gasteiger partial charge in [-0.1, -0.05) is 31.4 Å². The molecule has 0 aliphatic carbocycles. The third-order valence-corrected chi connectivity index (χ3v) is 4.52. The average Bonchev–Trinajstić information content (AvgIpc) is 2.49. The van der Waals surface area contributed by atoms with Crippen LogP contribution in [-0.4, -0.2) is 36.2 Å². The fourth-order valence-corrected chi connectivity index (χ4v) is 3.40. The molecule has 1 N–H and O–H groups in total. The molecule has 0 aromatic heterocycles. The Morgan fingerprint density at radius 1 is 1.38 bits per heavy atom. The molecule has 1 heterocycles. The largest absolute Gasteiger partial charge is 0.496 e. The minimum atomic E-state index is -0.475. The number of nitrogens with zero attached hydrogens (tertiary/aromatic N) is 1. The van der Waals surface area contributed by atoms with Gasteiger partial charge in [0.05, 0.1) is 13.2 Å². The number of hydrogen-bond acceptors (Lipinski definition) is 3. The molecule has 1 aromatic rings. The molecule has 2 rings (SSSR count). The van der Waals surface area contributed by atoms with Gasteiger partial charge < -0.3 is 9.84 Å². The number of ether oxygens (including phenoxy) is 1. The normalized spacial score (nSPS) is 21.2. The van der Waals surface area contributed by atoms with Gasteiger partial charge in [0.25, 0.3) is 0 Å². The summed E-state index contributed by atoms with van der Waals surface area (Å²) in [6, 6.07) is 6.65. The predicted octanol–water partition coefficient (Wildman–Crippen LogP) is 3.69. The van der Waals surface area contributed by atoms with E-state index in [1.807, 2.05) is 18.2 Å². The van der Waals surface area contributed by atoms with Crippen molar-refractivity contribution >= 4 is 0 Å². The highest BCUT2D eigenvalue weighted by Gasteiger charge is 2.25. The number of aliphatic hydroxyl groups excluding tert-OH is 1. The van der Waals surface area contributed by atoms with Crippen LogP contribution in [0.1, 0.15) is 56.3 Å². The van der Waals surface area contributed by atoms with E-state index in [0.29, 0.717) is 12.6 Å². The SMILES string of the molecule is CCCC1CCCCN1CC(O)c1cc(C)ccc1OC. The van der Waals surface area contributed by atoms with Crippen molar-refractivity contribution in [1.82, 2.24) is 4.90 Å². The van der Waals surface area contributed by atoms with Crippen molar-refractivity contribution in [3.8, 4) is 5.75 Å². The van der Waals surface area contributed by atoms with Crippen LogP contribution >= 0.6 is 0 Å². The predicted molar refractivity (Wildman–Crippen MR) is 86.8 cm³/mol. The molecule has 3 heteroatoms. The van der Waals surface area contributed by atoms with Gasteiger partial charge in [-0.3, -0.25) is 4.90 Å². The Kier molecular flexibility index (Phi) is 6.07. The molecule has 0 radical (unpaired) electrons. The third-order valence-electron chi connectivity index (χ3n) is 4.52. The highest BCUT2D eigenvalue weighted by atomic mass is 16.5. The van der Waals surface area contributed by atoms with Crippen LogP contribution in [0.2, 0.25) is 0 Å². The maximum Gasteiger partial charge on any atom is 0.124 e. The number of methoxy groups -OCH3 is 1. The van der Waals surface area contributed by atoms with Crippen LogP contribution in [0.25, 0.3) is 0 Å². The molecule has 1 fully saturated rings. The molecule has 0 saturated carbocycles. The first-order valence-electron chi connectivity index (χ1n) is 8.22. The molecule has 1 saturated heterocycles. The number of aryl methyl sites for hydroxylation is 1. The van der Waals surface area contributed by atoms with E-state index in [-0.39, 0.29) is 0 Å². The number of β-amino-alcohol motifs (C(OH)–C–C–N with tert-alkyl or cyclic N) is 1. The fourth-order valence-electron chi connectivity index (χ4n) is 3.40. The first kappa shape index (κ1) is 16.3. The number of piperidine rings is 1. The number of hydrogen-bond donors (Lipinski definition) is 1. The van der Waals surface area contributed by atoms with Gasteiger partial charge in [0.15, 0.2) is 0 Å². The number of benzene rings is 1. The van der Waals surface area contributed by atoms with E-state index >= 15 is 0 Å². The first-order valence-corrected chi connectivity index (χ1v) is 8.22. The van der Waals surface area contributed by atoms with Crippen LogP contribution < -0.4 is 4.74 Å². The Bertz CT molecular complexity index is 445. The Morgan fingerprint density at radius 3 is 2.90 bits per heavy atom. The molecule has 2 atom stereocenters. The maximum absolute atomic E-state index is 10.7. The van der Waals surface area contributed by atoms with Crippen LogP contribution in [0.3, 0.4) is 0 Å². The molecule has 0 amide bonds. The van der Waals surface area contributed by atoms with Gasteiger partial charge in [-0.2, -0.15) is 0 Å². The first-order chi connectivity index (χ1) is 10.2. The van der Waals surface area contributed by atoms with Crippen LogP contribution in [0, 0.1) is 6.92 Å². The van der Waals surface area contributed by atoms with Gasteiger partial charge in [0.1, 0.15) is 5.75 Å². The summed E-state index contributed by atoms with van der Waals surface area (Å²) in [7, 11) is 1.67. The second-order valence-electron chi connectivity index (χ2n) is 6.19. The lowest BCUT2D eigenvalue weighted by Gasteiger charge is -2.37. The van der Waals surface area contributed by atoms with Gasteiger partial charge in [-0.25, -0.2) is 0 Å². The second-order valence-corrected chi connectivity index (χ2v) is 6.19. The lowest BCUT2D eigenvalue weighted by atomic mass is 9.96. The van der Waals surface area contributed by atoms with Crippen LogP contribution in [0.15, 0.2) is 18.2 Å². The van der Waals surface area contributed by atoms with Crippen molar-refractivity contribution in [3.63, 3.8) is 0 Å². The Morgan fingerprint density at radius 2 is 2.19 bits per heavy atom. The maximum atomic E-state index is 10.7. The lowest BCUT2D eigenvalue weighted by molar-refractivity contribution is 0.0623. The number of aliphatic hydroxyl groups is 1. The summed E-state index contributed by atoms with van der Waals surface area (Å²) >= 11 is 0. The van der Waals surface area contributed by atoms with E-state index in [1.54, 1.807) is 7.11 Å². The molecule has 1 aliphatic rings. The molecule has 21 heavy (non-hydrogen) atoms. The van der Waals surface area contributed by atoms with Crippen molar-refractivity contribution in [1.29, 1.82) is 0 Å². The molecule has 0 spiro atoms. The van der Waals surface area contributed by atoms with Gasteiger partial charge in [0.2, 0.25) is 0 Å². The van der Waals surface area contributed by atoms with Crippen molar-refractivity contribution in [3.05, 3.63) is 29.3 Å². The van der Waals surface area contributed by atoms with Crippen LogP contribution in [0.5, 0.6) is 5.75 Å². The third kappa shape index (κ3) is 4.21.